The van der Waals surface area contributed by atoms with E-state index in [9.17, 15) is 18.0 Å². The second-order valence-corrected chi connectivity index (χ2v) is 5.06. The van der Waals surface area contributed by atoms with Crippen molar-refractivity contribution < 1.29 is 18.0 Å². The van der Waals surface area contributed by atoms with Crippen molar-refractivity contribution in [3.05, 3.63) is 24.0 Å². The van der Waals surface area contributed by atoms with Gasteiger partial charge in [0.15, 0.2) is 0 Å². The molecule has 0 saturated heterocycles. The summed E-state index contributed by atoms with van der Waals surface area (Å²) < 4.78 is 35.8. The van der Waals surface area contributed by atoms with Crippen LogP contribution in [0.1, 0.15) is 23.7 Å². The van der Waals surface area contributed by atoms with Gasteiger partial charge in [0.1, 0.15) is 0 Å². The summed E-state index contributed by atoms with van der Waals surface area (Å²) >= 11 is -0.154. The number of halogens is 3. The number of anilines is 1. The molecule has 0 radical (unpaired) electrons. The normalized spacial score (nSPS) is 11.2. The summed E-state index contributed by atoms with van der Waals surface area (Å²) in [5.41, 5.74) is -3.31. The minimum Gasteiger partial charge on any atom is -0.383 e. The molecule has 1 aromatic rings. The van der Waals surface area contributed by atoms with Crippen LogP contribution in [0, 0.1) is 0 Å². The third kappa shape index (κ3) is 6.14. The zero-order valence-corrected chi connectivity index (χ0v) is 11.8. The summed E-state index contributed by atoms with van der Waals surface area (Å²) in [6.45, 7) is 2.63. The van der Waals surface area contributed by atoms with Gasteiger partial charge >= 0.3 is 5.51 Å². The monoisotopic (exact) mass is 307 g/mol. The first-order chi connectivity index (χ1) is 9.44. The SMILES string of the molecule is CCCNc1cnccc1C(=O)NCCSC(F)(F)F. The van der Waals surface area contributed by atoms with E-state index in [1.807, 2.05) is 6.92 Å². The van der Waals surface area contributed by atoms with Crippen molar-refractivity contribution in [3.63, 3.8) is 0 Å². The number of carbonyl (C=O) groups is 1. The first-order valence-corrected chi connectivity index (χ1v) is 7.09. The third-order valence-corrected chi connectivity index (χ3v) is 3.02. The third-order valence-electron chi connectivity index (χ3n) is 2.28. The Morgan fingerprint density at radius 2 is 2.15 bits per heavy atom. The molecule has 1 amide bonds. The van der Waals surface area contributed by atoms with E-state index in [1.54, 1.807) is 0 Å². The van der Waals surface area contributed by atoms with Gasteiger partial charge in [0, 0.05) is 25.0 Å². The summed E-state index contributed by atoms with van der Waals surface area (Å²) in [5.74, 6) is -0.619. The summed E-state index contributed by atoms with van der Waals surface area (Å²) in [6.07, 6.45) is 3.88. The minimum atomic E-state index is -4.27. The van der Waals surface area contributed by atoms with E-state index in [1.165, 1.54) is 18.5 Å². The number of hydrogen-bond acceptors (Lipinski definition) is 4. The maximum atomic E-state index is 11.9. The Labute approximate surface area is 119 Å². The van der Waals surface area contributed by atoms with Gasteiger partial charge in [0.2, 0.25) is 0 Å². The Morgan fingerprint density at radius 1 is 1.40 bits per heavy atom. The number of nitrogens with one attached hydrogen (secondary N) is 2. The molecule has 20 heavy (non-hydrogen) atoms. The van der Waals surface area contributed by atoms with Crippen molar-refractivity contribution in [2.75, 3.05) is 24.2 Å². The molecule has 1 aromatic heterocycles. The number of alkyl halides is 3. The number of amides is 1. The molecular formula is C12H16F3N3OS. The lowest BCUT2D eigenvalue weighted by molar-refractivity contribution is -0.0327. The first-order valence-electron chi connectivity index (χ1n) is 6.11. The first kappa shape index (κ1) is 16.6. The van der Waals surface area contributed by atoms with E-state index in [-0.39, 0.29) is 24.1 Å². The van der Waals surface area contributed by atoms with Crippen molar-refractivity contribution in [2.24, 2.45) is 0 Å². The van der Waals surface area contributed by atoms with Crippen LogP contribution >= 0.6 is 11.8 Å². The number of nitrogens with zero attached hydrogens (tertiary/aromatic N) is 1. The van der Waals surface area contributed by atoms with E-state index < -0.39 is 11.4 Å². The molecule has 0 fully saturated rings. The maximum Gasteiger partial charge on any atom is 0.441 e. The molecule has 0 aliphatic rings. The Bertz CT molecular complexity index is 440. The molecule has 1 heterocycles. The molecule has 0 unspecified atom stereocenters. The summed E-state index contributed by atoms with van der Waals surface area (Å²) in [6, 6.07) is 1.53. The van der Waals surface area contributed by atoms with Crippen LogP contribution in [0.15, 0.2) is 18.5 Å². The number of pyridine rings is 1. The topological polar surface area (TPSA) is 54.0 Å². The van der Waals surface area contributed by atoms with Gasteiger partial charge in [-0.2, -0.15) is 13.2 Å². The zero-order chi connectivity index (χ0) is 15.0. The van der Waals surface area contributed by atoms with Gasteiger partial charge in [0.05, 0.1) is 17.4 Å². The van der Waals surface area contributed by atoms with Crippen molar-refractivity contribution in [1.82, 2.24) is 10.3 Å². The molecule has 2 N–H and O–H groups in total. The maximum absolute atomic E-state index is 11.9. The smallest absolute Gasteiger partial charge is 0.383 e. The minimum absolute atomic E-state index is 0.0431. The Balaban J connectivity index is 2.50. The molecule has 0 aliphatic heterocycles. The van der Waals surface area contributed by atoms with Gasteiger partial charge in [-0.3, -0.25) is 9.78 Å². The lowest BCUT2D eigenvalue weighted by atomic mass is 10.2. The van der Waals surface area contributed by atoms with E-state index in [0.29, 0.717) is 17.8 Å². The highest BCUT2D eigenvalue weighted by Gasteiger charge is 2.27. The highest BCUT2D eigenvalue weighted by molar-refractivity contribution is 8.00. The second-order valence-electron chi connectivity index (χ2n) is 3.90. The molecule has 0 aromatic carbocycles. The molecule has 0 saturated carbocycles. The molecule has 112 valence electrons. The van der Waals surface area contributed by atoms with Gasteiger partial charge < -0.3 is 10.6 Å². The van der Waals surface area contributed by atoms with E-state index >= 15 is 0 Å². The van der Waals surface area contributed by atoms with Crippen LogP contribution < -0.4 is 10.6 Å². The summed E-state index contributed by atoms with van der Waals surface area (Å²) in [4.78, 5) is 15.8. The Hall–Kier alpha value is -1.44. The lowest BCUT2D eigenvalue weighted by Gasteiger charge is -2.11. The van der Waals surface area contributed by atoms with Crippen LogP contribution in [0.2, 0.25) is 0 Å². The highest BCUT2D eigenvalue weighted by Crippen LogP contribution is 2.29. The molecule has 8 heteroatoms. The fraction of sp³-hybridized carbons (Fsp3) is 0.500. The molecule has 0 aliphatic carbocycles. The van der Waals surface area contributed by atoms with Gasteiger partial charge in [-0.05, 0) is 24.2 Å². The molecule has 1 rings (SSSR count). The number of aromatic nitrogens is 1. The van der Waals surface area contributed by atoms with Crippen molar-refractivity contribution in [1.29, 1.82) is 0 Å². The van der Waals surface area contributed by atoms with Crippen LogP contribution in [-0.4, -0.2) is 35.2 Å². The van der Waals surface area contributed by atoms with E-state index in [0.717, 1.165) is 6.42 Å². The number of hydrogen-bond donors (Lipinski definition) is 2. The second kappa shape index (κ2) is 7.98. The lowest BCUT2D eigenvalue weighted by Crippen LogP contribution is -2.27. The van der Waals surface area contributed by atoms with Crippen LogP contribution in [0.5, 0.6) is 0 Å². The molecule has 0 bridgehead atoms. The van der Waals surface area contributed by atoms with E-state index in [2.05, 4.69) is 15.6 Å². The van der Waals surface area contributed by atoms with Gasteiger partial charge in [-0.25, -0.2) is 0 Å². The average molecular weight is 307 g/mol. The summed E-state index contributed by atoms with van der Waals surface area (Å²) in [5, 5.41) is 5.51. The number of rotatable bonds is 7. The van der Waals surface area contributed by atoms with Crippen molar-refractivity contribution in [2.45, 2.75) is 18.9 Å². The quantitative estimate of drug-likeness (QED) is 0.761. The Kier molecular flexibility index (Phi) is 6.63. The highest BCUT2D eigenvalue weighted by atomic mass is 32.2. The predicted molar refractivity (Wildman–Crippen MR) is 73.9 cm³/mol. The van der Waals surface area contributed by atoms with Gasteiger partial charge in [-0.15, -0.1) is 0 Å². The Morgan fingerprint density at radius 3 is 2.80 bits per heavy atom. The molecule has 4 nitrogen and oxygen atoms in total. The van der Waals surface area contributed by atoms with Crippen LogP contribution in [0.3, 0.4) is 0 Å². The van der Waals surface area contributed by atoms with Gasteiger partial charge in [-0.1, -0.05) is 6.92 Å². The van der Waals surface area contributed by atoms with Crippen molar-refractivity contribution in [3.8, 4) is 0 Å². The fourth-order valence-corrected chi connectivity index (χ4v) is 1.86. The van der Waals surface area contributed by atoms with Crippen LogP contribution in [0.25, 0.3) is 0 Å². The van der Waals surface area contributed by atoms with Gasteiger partial charge in [0.25, 0.3) is 5.91 Å². The average Bonchev–Trinajstić information content (AvgIpc) is 2.40. The van der Waals surface area contributed by atoms with Crippen LogP contribution in [-0.2, 0) is 0 Å². The largest absolute Gasteiger partial charge is 0.441 e. The molecule has 0 atom stereocenters. The fourth-order valence-electron chi connectivity index (χ4n) is 1.42. The number of carbonyl (C=O) groups excluding carboxylic acids is 1. The molecular weight excluding hydrogens is 291 g/mol. The number of thioether (sulfide) groups is 1. The van der Waals surface area contributed by atoms with Crippen molar-refractivity contribution >= 4 is 23.4 Å². The van der Waals surface area contributed by atoms with E-state index in [4.69, 9.17) is 0 Å². The molecule has 0 spiro atoms. The zero-order valence-electron chi connectivity index (χ0n) is 11.0. The summed E-state index contributed by atoms with van der Waals surface area (Å²) in [7, 11) is 0. The predicted octanol–water partition coefficient (Wildman–Crippen LogP) is 2.89. The standard InChI is InChI=1S/C12H16F3N3OS/c1-2-4-17-10-8-16-5-3-9(10)11(19)18-6-7-20-12(13,14)15/h3,5,8,17H,2,4,6-7H2,1H3,(H,18,19). The van der Waals surface area contributed by atoms with Crippen LogP contribution in [0.4, 0.5) is 18.9 Å².